The lowest BCUT2D eigenvalue weighted by atomic mass is 10.7. The molecule has 54 valence electrons. The fourth-order valence-electron chi connectivity index (χ4n) is 0.136. The summed E-state index contributed by atoms with van der Waals surface area (Å²) in [5.74, 6) is 3.61. The summed E-state index contributed by atoms with van der Waals surface area (Å²) in [7, 11) is -4.53. The highest BCUT2D eigenvalue weighted by Gasteiger charge is 2.11. The standard InChI is InChI=1S/C4H3O5P/c5-3-1-2-4-9-10(6,7)8/h5H,(H2,6,7,8). The molecule has 0 amide bonds. The summed E-state index contributed by atoms with van der Waals surface area (Å²) in [6.45, 7) is 0. The van der Waals surface area contributed by atoms with E-state index in [9.17, 15) is 4.57 Å². The van der Waals surface area contributed by atoms with E-state index < -0.39 is 7.82 Å². The molecule has 0 aromatic carbocycles. The number of aliphatic hydroxyl groups excluding tert-OH is 1. The van der Waals surface area contributed by atoms with Crippen molar-refractivity contribution in [2.75, 3.05) is 0 Å². The van der Waals surface area contributed by atoms with Crippen molar-refractivity contribution in [3.63, 3.8) is 0 Å². The molecule has 5 nitrogen and oxygen atoms in total. The van der Waals surface area contributed by atoms with E-state index in [0.29, 0.717) is 0 Å². The topological polar surface area (TPSA) is 87.0 Å². The normalized spacial score (nSPS) is 8.20. The summed E-state index contributed by atoms with van der Waals surface area (Å²) >= 11 is 0. The Morgan fingerprint density at radius 2 is 1.90 bits per heavy atom. The third kappa shape index (κ3) is 6.87. The zero-order chi connectivity index (χ0) is 8.04. The number of aliphatic hydroxyl groups is 1. The molecule has 0 radical (unpaired) electrons. The van der Waals surface area contributed by atoms with Crippen molar-refractivity contribution < 1.29 is 24.0 Å². The monoisotopic (exact) mass is 162 g/mol. The van der Waals surface area contributed by atoms with Gasteiger partial charge in [-0.3, -0.25) is 9.79 Å². The van der Waals surface area contributed by atoms with E-state index in [4.69, 9.17) is 14.9 Å². The number of hydrogen-bond donors (Lipinski definition) is 3. The first-order valence-electron chi connectivity index (χ1n) is 1.94. The number of rotatable bonds is 1. The van der Waals surface area contributed by atoms with Crippen LogP contribution in [0.3, 0.4) is 0 Å². The van der Waals surface area contributed by atoms with E-state index in [1.807, 2.05) is 5.92 Å². The minimum Gasteiger partial charge on any atom is -0.461 e. The molecule has 0 saturated heterocycles. The van der Waals surface area contributed by atoms with E-state index in [2.05, 4.69) is 4.52 Å². The molecule has 0 spiro atoms. The molecule has 0 aromatic heterocycles. The van der Waals surface area contributed by atoms with Crippen LogP contribution in [0, 0.1) is 24.1 Å². The van der Waals surface area contributed by atoms with Crippen molar-refractivity contribution in [3.05, 3.63) is 0 Å². The molecule has 0 fully saturated rings. The van der Waals surface area contributed by atoms with Crippen LogP contribution in [-0.2, 0) is 9.09 Å². The number of hydrogen-bond acceptors (Lipinski definition) is 3. The Kier molecular flexibility index (Phi) is 3.38. The lowest BCUT2D eigenvalue weighted by Gasteiger charge is -1.93. The van der Waals surface area contributed by atoms with Crippen LogP contribution < -0.4 is 0 Å². The number of phosphoric ester groups is 1. The van der Waals surface area contributed by atoms with Crippen LogP contribution in [0.2, 0.25) is 0 Å². The van der Waals surface area contributed by atoms with E-state index in [1.165, 1.54) is 6.11 Å². The highest BCUT2D eigenvalue weighted by atomic mass is 31.2. The third-order valence-electron chi connectivity index (χ3n) is 0.334. The fraction of sp³-hybridized carbons (Fsp3) is 0. The molecule has 0 aliphatic rings. The maximum atomic E-state index is 9.85. The van der Waals surface area contributed by atoms with Crippen LogP contribution in [0.15, 0.2) is 0 Å². The highest BCUT2D eigenvalue weighted by Crippen LogP contribution is 2.34. The van der Waals surface area contributed by atoms with E-state index in [1.54, 1.807) is 12.0 Å². The van der Waals surface area contributed by atoms with Gasteiger partial charge in [-0.25, -0.2) is 4.57 Å². The summed E-state index contributed by atoms with van der Waals surface area (Å²) in [6, 6.07) is 0. The quantitative estimate of drug-likeness (QED) is 0.353. The smallest absolute Gasteiger partial charge is 0.461 e. The summed E-state index contributed by atoms with van der Waals surface area (Å²) in [6.07, 6.45) is 2.98. The van der Waals surface area contributed by atoms with Crippen LogP contribution >= 0.6 is 7.82 Å². The van der Waals surface area contributed by atoms with Gasteiger partial charge in [-0.1, -0.05) is 0 Å². The maximum Gasteiger partial charge on any atom is 0.533 e. The van der Waals surface area contributed by atoms with Crippen molar-refractivity contribution in [1.82, 2.24) is 0 Å². The first kappa shape index (κ1) is 8.87. The molecule has 0 aliphatic heterocycles. The molecule has 0 rings (SSSR count). The predicted octanol–water partition coefficient (Wildman–Crippen LogP) is -0.610. The Morgan fingerprint density at radius 3 is 2.30 bits per heavy atom. The highest BCUT2D eigenvalue weighted by molar-refractivity contribution is 7.46. The molecular weight excluding hydrogens is 159 g/mol. The maximum absolute atomic E-state index is 9.85. The van der Waals surface area contributed by atoms with Gasteiger partial charge >= 0.3 is 7.82 Å². The zero-order valence-corrected chi connectivity index (χ0v) is 5.50. The Bertz CT molecular complexity index is 255. The Morgan fingerprint density at radius 1 is 1.30 bits per heavy atom. The lowest BCUT2D eigenvalue weighted by Crippen LogP contribution is -1.77. The second-order valence-corrected chi connectivity index (χ2v) is 2.21. The van der Waals surface area contributed by atoms with Gasteiger partial charge in [0.25, 0.3) is 0 Å². The first-order chi connectivity index (χ1) is 4.56. The molecule has 0 unspecified atom stereocenters. The van der Waals surface area contributed by atoms with Gasteiger partial charge in [0.15, 0.2) is 0 Å². The minimum absolute atomic E-state index is 1.40. The molecule has 0 aliphatic carbocycles. The van der Waals surface area contributed by atoms with E-state index in [0.717, 1.165) is 0 Å². The van der Waals surface area contributed by atoms with Gasteiger partial charge in [-0.2, -0.15) is 0 Å². The van der Waals surface area contributed by atoms with Gasteiger partial charge in [0.2, 0.25) is 0 Å². The predicted molar refractivity (Wildman–Crippen MR) is 30.6 cm³/mol. The second kappa shape index (κ2) is 3.81. The molecule has 0 atom stereocenters. The minimum atomic E-state index is -4.53. The third-order valence-corrected chi connectivity index (χ3v) is 0.663. The first-order valence-corrected chi connectivity index (χ1v) is 3.47. The molecule has 0 heterocycles. The summed E-state index contributed by atoms with van der Waals surface area (Å²) in [4.78, 5) is 16.0. The summed E-state index contributed by atoms with van der Waals surface area (Å²) in [5, 5.41) is 7.78. The van der Waals surface area contributed by atoms with E-state index >= 15 is 0 Å². The van der Waals surface area contributed by atoms with Crippen LogP contribution in [-0.4, -0.2) is 14.9 Å². The summed E-state index contributed by atoms with van der Waals surface area (Å²) < 4.78 is 13.5. The van der Waals surface area contributed by atoms with Gasteiger partial charge in [0.1, 0.15) is 12.2 Å². The Hall–Kier alpha value is -1.13. The van der Waals surface area contributed by atoms with Crippen molar-refractivity contribution >= 4 is 7.82 Å². The molecule has 10 heavy (non-hydrogen) atoms. The molecule has 0 aromatic rings. The molecule has 6 heteroatoms. The average Bonchev–Trinajstić information content (AvgIpc) is 1.78. The molecule has 3 N–H and O–H groups in total. The number of phosphoric acid groups is 1. The lowest BCUT2D eigenvalue weighted by molar-refractivity contribution is 0.269. The van der Waals surface area contributed by atoms with Gasteiger partial charge in [-0.15, -0.1) is 0 Å². The average molecular weight is 162 g/mol. The van der Waals surface area contributed by atoms with Crippen molar-refractivity contribution in [2.24, 2.45) is 0 Å². The fourth-order valence-corrected chi connectivity index (χ4v) is 0.300. The second-order valence-electron chi connectivity index (χ2n) is 1.05. The van der Waals surface area contributed by atoms with Crippen molar-refractivity contribution in [1.29, 1.82) is 0 Å². The van der Waals surface area contributed by atoms with Crippen LogP contribution in [0.4, 0.5) is 0 Å². The Balaban J connectivity index is 3.86. The van der Waals surface area contributed by atoms with E-state index in [-0.39, 0.29) is 0 Å². The van der Waals surface area contributed by atoms with Crippen molar-refractivity contribution in [2.45, 2.75) is 0 Å². The van der Waals surface area contributed by atoms with Gasteiger partial charge in [0, 0.05) is 11.8 Å². The molecular formula is C4H3O5P. The zero-order valence-electron chi connectivity index (χ0n) is 4.61. The van der Waals surface area contributed by atoms with Gasteiger partial charge in [-0.05, 0) is 0 Å². The van der Waals surface area contributed by atoms with Gasteiger partial charge in [0.05, 0.1) is 0 Å². The summed E-state index contributed by atoms with van der Waals surface area (Å²) in [5.41, 5.74) is 0. The van der Waals surface area contributed by atoms with Crippen LogP contribution in [0.25, 0.3) is 0 Å². The molecule has 0 saturated carbocycles. The SMILES string of the molecule is O=P(O)(O)OC#CC#CO. The molecule has 0 bridgehead atoms. The van der Waals surface area contributed by atoms with Crippen molar-refractivity contribution in [3.8, 4) is 24.1 Å². The Labute approximate surface area is 56.9 Å². The largest absolute Gasteiger partial charge is 0.533 e. The van der Waals surface area contributed by atoms with Crippen LogP contribution in [0.5, 0.6) is 0 Å². The van der Waals surface area contributed by atoms with Gasteiger partial charge < -0.3 is 9.63 Å². The van der Waals surface area contributed by atoms with Crippen LogP contribution in [0.1, 0.15) is 0 Å².